The molecule has 2 atom stereocenters. The maximum absolute atomic E-state index is 11.8. The van der Waals surface area contributed by atoms with Gasteiger partial charge in [0.2, 0.25) is 0 Å². The van der Waals surface area contributed by atoms with Crippen molar-refractivity contribution in [1.29, 1.82) is 0 Å². The Kier molecular flexibility index (Phi) is 5.62. The van der Waals surface area contributed by atoms with E-state index in [-0.39, 0.29) is 24.5 Å². The van der Waals surface area contributed by atoms with Crippen LogP contribution in [0.25, 0.3) is 0 Å². The van der Waals surface area contributed by atoms with E-state index in [2.05, 4.69) is 5.32 Å². The fourth-order valence-electron chi connectivity index (χ4n) is 2.67. The SMILES string of the molecule is Cc1ccc(OCC(=O)NCC2CCCCC2O)cc1C. The molecule has 1 aromatic carbocycles. The number of aliphatic hydroxyl groups is 1. The van der Waals surface area contributed by atoms with Crippen LogP contribution < -0.4 is 10.1 Å². The van der Waals surface area contributed by atoms with Crippen LogP contribution in [0.5, 0.6) is 5.75 Å². The maximum Gasteiger partial charge on any atom is 0.257 e. The van der Waals surface area contributed by atoms with Crippen LogP contribution in [0.2, 0.25) is 0 Å². The minimum atomic E-state index is -0.278. The van der Waals surface area contributed by atoms with Crippen LogP contribution in [-0.2, 0) is 4.79 Å². The second-order valence-corrected chi connectivity index (χ2v) is 5.95. The molecule has 0 saturated heterocycles. The molecule has 4 heteroatoms. The Morgan fingerprint density at radius 3 is 2.76 bits per heavy atom. The van der Waals surface area contributed by atoms with E-state index in [4.69, 9.17) is 4.74 Å². The summed E-state index contributed by atoms with van der Waals surface area (Å²) in [6.45, 7) is 4.62. The van der Waals surface area contributed by atoms with Gasteiger partial charge in [-0.25, -0.2) is 0 Å². The third kappa shape index (κ3) is 4.74. The normalized spacial score (nSPS) is 21.9. The molecule has 1 aliphatic carbocycles. The van der Waals surface area contributed by atoms with Gasteiger partial charge in [-0.15, -0.1) is 0 Å². The standard InChI is InChI=1S/C17H25NO3/c1-12-7-8-15(9-13(12)2)21-11-17(20)18-10-14-5-3-4-6-16(14)19/h7-9,14,16,19H,3-6,10-11H2,1-2H3,(H,18,20). The number of benzene rings is 1. The minimum absolute atomic E-state index is 0.0192. The highest BCUT2D eigenvalue weighted by molar-refractivity contribution is 5.77. The maximum atomic E-state index is 11.8. The number of hydrogen-bond donors (Lipinski definition) is 2. The Hall–Kier alpha value is -1.55. The highest BCUT2D eigenvalue weighted by Gasteiger charge is 2.23. The van der Waals surface area contributed by atoms with E-state index < -0.39 is 0 Å². The molecular weight excluding hydrogens is 266 g/mol. The van der Waals surface area contributed by atoms with Gasteiger partial charge in [0.15, 0.2) is 6.61 Å². The Balaban J connectivity index is 1.73. The lowest BCUT2D eigenvalue weighted by atomic mass is 9.86. The van der Waals surface area contributed by atoms with Crippen LogP contribution in [0.3, 0.4) is 0 Å². The van der Waals surface area contributed by atoms with Crippen LogP contribution >= 0.6 is 0 Å². The highest BCUT2D eigenvalue weighted by atomic mass is 16.5. The largest absolute Gasteiger partial charge is 0.484 e. The first-order valence-corrected chi connectivity index (χ1v) is 7.71. The predicted molar refractivity (Wildman–Crippen MR) is 82.4 cm³/mol. The van der Waals surface area contributed by atoms with E-state index in [1.54, 1.807) is 0 Å². The van der Waals surface area contributed by atoms with Gasteiger partial charge in [0.1, 0.15) is 5.75 Å². The molecule has 116 valence electrons. The van der Waals surface area contributed by atoms with E-state index in [1.807, 2.05) is 32.0 Å². The number of hydrogen-bond acceptors (Lipinski definition) is 3. The summed E-state index contributed by atoms with van der Waals surface area (Å²) >= 11 is 0. The van der Waals surface area contributed by atoms with Gasteiger partial charge < -0.3 is 15.2 Å². The second-order valence-electron chi connectivity index (χ2n) is 5.95. The van der Waals surface area contributed by atoms with E-state index in [0.717, 1.165) is 31.2 Å². The average molecular weight is 291 g/mol. The van der Waals surface area contributed by atoms with Crippen LogP contribution in [0.4, 0.5) is 0 Å². The van der Waals surface area contributed by atoms with E-state index >= 15 is 0 Å². The Morgan fingerprint density at radius 2 is 2.05 bits per heavy atom. The van der Waals surface area contributed by atoms with Crippen molar-refractivity contribution in [1.82, 2.24) is 5.32 Å². The van der Waals surface area contributed by atoms with Crippen LogP contribution in [0, 0.1) is 19.8 Å². The van der Waals surface area contributed by atoms with Crippen LogP contribution in [0.1, 0.15) is 36.8 Å². The molecule has 4 nitrogen and oxygen atoms in total. The number of rotatable bonds is 5. The van der Waals surface area contributed by atoms with Gasteiger partial charge in [-0.1, -0.05) is 18.9 Å². The molecule has 2 rings (SSSR count). The summed E-state index contributed by atoms with van der Waals surface area (Å²) < 4.78 is 5.50. The lowest BCUT2D eigenvalue weighted by Gasteiger charge is -2.27. The number of nitrogens with one attached hydrogen (secondary N) is 1. The molecule has 2 unspecified atom stereocenters. The lowest BCUT2D eigenvalue weighted by Crippen LogP contribution is -2.38. The molecule has 1 aliphatic rings. The molecule has 2 N–H and O–H groups in total. The monoisotopic (exact) mass is 291 g/mol. The number of aryl methyl sites for hydroxylation is 2. The number of aliphatic hydroxyl groups excluding tert-OH is 1. The minimum Gasteiger partial charge on any atom is -0.484 e. The van der Waals surface area contributed by atoms with Crippen molar-refractivity contribution in [3.63, 3.8) is 0 Å². The van der Waals surface area contributed by atoms with Gasteiger partial charge in [-0.05, 0) is 49.9 Å². The molecule has 0 aromatic heterocycles. The third-order valence-electron chi connectivity index (χ3n) is 4.28. The first-order valence-electron chi connectivity index (χ1n) is 7.71. The van der Waals surface area contributed by atoms with Crippen molar-refractivity contribution >= 4 is 5.91 Å². The molecule has 0 spiro atoms. The lowest BCUT2D eigenvalue weighted by molar-refractivity contribution is -0.123. The van der Waals surface area contributed by atoms with Crippen molar-refractivity contribution in [3.8, 4) is 5.75 Å². The molecule has 0 radical (unpaired) electrons. The van der Waals surface area contributed by atoms with Crippen molar-refractivity contribution in [2.75, 3.05) is 13.2 Å². The number of ether oxygens (including phenoxy) is 1. The fraction of sp³-hybridized carbons (Fsp3) is 0.588. The first kappa shape index (κ1) is 15.8. The molecule has 0 bridgehead atoms. The molecule has 1 saturated carbocycles. The zero-order valence-corrected chi connectivity index (χ0v) is 12.9. The van der Waals surface area contributed by atoms with E-state index in [1.165, 1.54) is 5.56 Å². The first-order chi connectivity index (χ1) is 10.1. The van der Waals surface area contributed by atoms with Gasteiger partial charge in [-0.2, -0.15) is 0 Å². The molecule has 0 aliphatic heterocycles. The van der Waals surface area contributed by atoms with Gasteiger partial charge in [0.05, 0.1) is 6.10 Å². The van der Waals surface area contributed by atoms with Gasteiger partial charge in [0.25, 0.3) is 5.91 Å². The Morgan fingerprint density at radius 1 is 1.29 bits per heavy atom. The summed E-state index contributed by atoms with van der Waals surface area (Å²) in [6.07, 6.45) is 3.77. The summed E-state index contributed by atoms with van der Waals surface area (Å²) in [5.41, 5.74) is 2.36. The van der Waals surface area contributed by atoms with Crippen molar-refractivity contribution in [2.24, 2.45) is 5.92 Å². The van der Waals surface area contributed by atoms with Crippen molar-refractivity contribution in [3.05, 3.63) is 29.3 Å². The van der Waals surface area contributed by atoms with Crippen LogP contribution in [0.15, 0.2) is 18.2 Å². The second kappa shape index (κ2) is 7.46. The summed E-state index contributed by atoms with van der Waals surface area (Å²) in [5.74, 6) is 0.765. The number of carbonyl (C=O) groups is 1. The van der Waals surface area contributed by atoms with Crippen molar-refractivity contribution in [2.45, 2.75) is 45.6 Å². The molecule has 21 heavy (non-hydrogen) atoms. The topological polar surface area (TPSA) is 58.6 Å². The Labute approximate surface area is 126 Å². The summed E-state index contributed by atoms with van der Waals surface area (Å²) in [7, 11) is 0. The van der Waals surface area contributed by atoms with E-state index in [9.17, 15) is 9.90 Å². The smallest absolute Gasteiger partial charge is 0.257 e. The molecule has 1 fully saturated rings. The van der Waals surface area contributed by atoms with Gasteiger partial charge in [-0.3, -0.25) is 4.79 Å². The van der Waals surface area contributed by atoms with Crippen LogP contribution in [-0.4, -0.2) is 30.3 Å². The van der Waals surface area contributed by atoms with E-state index in [0.29, 0.717) is 12.3 Å². The quantitative estimate of drug-likeness (QED) is 0.875. The molecular formula is C17H25NO3. The molecule has 0 heterocycles. The average Bonchev–Trinajstić information content (AvgIpc) is 2.47. The molecule has 1 amide bonds. The zero-order chi connectivity index (χ0) is 15.2. The summed E-state index contributed by atoms with van der Waals surface area (Å²) in [5, 5.41) is 12.7. The summed E-state index contributed by atoms with van der Waals surface area (Å²) in [6, 6.07) is 5.80. The van der Waals surface area contributed by atoms with Crippen molar-refractivity contribution < 1.29 is 14.6 Å². The third-order valence-corrected chi connectivity index (χ3v) is 4.28. The Bertz CT molecular complexity index is 487. The number of amides is 1. The zero-order valence-electron chi connectivity index (χ0n) is 12.9. The fourth-order valence-corrected chi connectivity index (χ4v) is 2.67. The highest BCUT2D eigenvalue weighted by Crippen LogP contribution is 2.23. The van der Waals surface area contributed by atoms with Gasteiger partial charge in [0, 0.05) is 12.5 Å². The predicted octanol–water partition coefficient (Wildman–Crippen LogP) is 2.35. The summed E-state index contributed by atoms with van der Waals surface area (Å²) in [4.78, 5) is 11.8. The van der Waals surface area contributed by atoms with Gasteiger partial charge >= 0.3 is 0 Å². The number of carbonyl (C=O) groups excluding carboxylic acids is 1. The molecule has 1 aromatic rings.